The van der Waals surface area contributed by atoms with Gasteiger partial charge in [-0.1, -0.05) is 0 Å². The van der Waals surface area contributed by atoms with Crippen LogP contribution in [0.4, 0.5) is 0 Å². The van der Waals surface area contributed by atoms with Gasteiger partial charge < -0.3 is 11.1 Å². The highest BCUT2D eigenvalue weighted by molar-refractivity contribution is 5.74. The molecule has 0 radical (unpaired) electrons. The van der Waals surface area contributed by atoms with Gasteiger partial charge in [0.1, 0.15) is 0 Å². The summed E-state index contributed by atoms with van der Waals surface area (Å²) in [6, 6.07) is 0.288. The van der Waals surface area contributed by atoms with E-state index in [-0.39, 0.29) is 17.5 Å². The summed E-state index contributed by atoms with van der Waals surface area (Å²) in [6.07, 6.45) is 8.84. The Morgan fingerprint density at radius 2 is 1.94 bits per heavy atom. The van der Waals surface area contributed by atoms with Crippen LogP contribution in [-0.2, 0) is 4.79 Å². The Morgan fingerprint density at radius 1 is 1.33 bits per heavy atom. The molecule has 0 aromatic heterocycles. The first-order valence-corrected chi connectivity index (χ1v) is 7.45. The van der Waals surface area contributed by atoms with Crippen LogP contribution in [0.5, 0.6) is 0 Å². The highest BCUT2D eigenvalue weighted by Gasteiger charge is 2.57. The fourth-order valence-corrected chi connectivity index (χ4v) is 5.89. The molecule has 4 saturated carbocycles. The monoisotopic (exact) mass is 250 g/mol. The van der Waals surface area contributed by atoms with Crippen LogP contribution in [0.2, 0.25) is 0 Å². The van der Waals surface area contributed by atoms with Crippen molar-refractivity contribution in [3.05, 3.63) is 0 Å². The quantitative estimate of drug-likeness (QED) is 0.807. The zero-order chi connectivity index (χ0) is 13.0. The standard InChI is InChI=1S/C15H26N2O/c1-10(16)4-14-5-12-3-13(6-14)8-15(7-12,9-14)17-11(2)18/h10,12-13H,3-9,16H2,1-2H3,(H,17,18). The molecule has 3 unspecified atom stereocenters. The van der Waals surface area contributed by atoms with Gasteiger partial charge in [0, 0.05) is 18.5 Å². The van der Waals surface area contributed by atoms with Crippen LogP contribution in [0.15, 0.2) is 0 Å². The average Bonchev–Trinajstić information content (AvgIpc) is 2.08. The van der Waals surface area contributed by atoms with E-state index in [2.05, 4.69) is 12.2 Å². The first-order valence-electron chi connectivity index (χ1n) is 7.45. The maximum atomic E-state index is 11.5. The SMILES string of the molecule is CC(=O)NC12CC3CC(CC(CC(C)N)(C3)C1)C2. The third-order valence-corrected chi connectivity index (χ3v) is 5.38. The van der Waals surface area contributed by atoms with Crippen LogP contribution < -0.4 is 11.1 Å². The number of rotatable bonds is 3. The molecule has 0 aliphatic heterocycles. The van der Waals surface area contributed by atoms with Gasteiger partial charge in [-0.2, -0.15) is 0 Å². The zero-order valence-electron chi connectivity index (χ0n) is 11.7. The highest BCUT2D eigenvalue weighted by atomic mass is 16.1. The second-order valence-corrected chi connectivity index (χ2v) is 7.60. The van der Waals surface area contributed by atoms with Crippen molar-refractivity contribution in [1.29, 1.82) is 0 Å². The van der Waals surface area contributed by atoms with Crippen molar-refractivity contribution >= 4 is 5.91 Å². The molecule has 4 aliphatic rings. The topological polar surface area (TPSA) is 55.1 Å². The molecule has 18 heavy (non-hydrogen) atoms. The smallest absolute Gasteiger partial charge is 0.217 e. The predicted molar refractivity (Wildman–Crippen MR) is 71.9 cm³/mol. The van der Waals surface area contributed by atoms with Crippen LogP contribution >= 0.6 is 0 Å². The summed E-state index contributed by atoms with van der Waals surface area (Å²) >= 11 is 0. The van der Waals surface area contributed by atoms with Crippen LogP contribution in [-0.4, -0.2) is 17.5 Å². The fraction of sp³-hybridized carbons (Fsp3) is 0.933. The molecule has 3 heteroatoms. The van der Waals surface area contributed by atoms with E-state index in [1.54, 1.807) is 6.92 Å². The molecule has 3 nitrogen and oxygen atoms in total. The number of carbonyl (C=O) groups is 1. The number of amides is 1. The first-order chi connectivity index (χ1) is 8.40. The summed E-state index contributed by atoms with van der Waals surface area (Å²) in [5.41, 5.74) is 6.62. The van der Waals surface area contributed by atoms with Gasteiger partial charge in [-0.25, -0.2) is 0 Å². The van der Waals surface area contributed by atoms with Gasteiger partial charge in [-0.3, -0.25) is 4.79 Å². The lowest BCUT2D eigenvalue weighted by molar-refractivity contribution is -0.129. The van der Waals surface area contributed by atoms with E-state index in [9.17, 15) is 4.79 Å². The van der Waals surface area contributed by atoms with Crippen molar-refractivity contribution in [3.8, 4) is 0 Å². The Labute approximate surface area is 110 Å². The van der Waals surface area contributed by atoms with E-state index in [1.807, 2.05) is 0 Å². The van der Waals surface area contributed by atoms with Crippen molar-refractivity contribution in [1.82, 2.24) is 5.32 Å². The predicted octanol–water partition coefficient (Wildman–Crippen LogP) is 2.20. The third-order valence-electron chi connectivity index (χ3n) is 5.38. The molecular formula is C15H26N2O. The molecule has 1 amide bonds. The first kappa shape index (κ1) is 12.5. The Hall–Kier alpha value is -0.570. The van der Waals surface area contributed by atoms with Crippen molar-refractivity contribution in [2.75, 3.05) is 0 Å². The Kier molecular flexibility index (Phi) is 2.74. The van der Waals surface area contributed by atoms with Gasteiger partial charge in [0.05, 0.1) is 0 Å². The molecule has 4 bridgehead atoms. The van der Waals surface area contributed by atoms with E-state index < -0.39 is 0 Å². The van der Waals surface area contributed by atoms with Gasteiger partial charge in [-0.15, -0.1) is 0 Å². The summed E-state index contributed by atoms with van der Waals surface area (Å²) in [4.78, 5) is 11.5. The van der Waals surface area contributed by atoms with Crippen LogP contribution in [0.1, 0.15) is 58.8 Å². The molecule has 4 rings (SSSR count). The Bertz CT molecular complexity index is 344. The number of carbonyl (C=O) groups excluding carboxylic acids is 1. The van der Waals surface area contributed by atoms with E-state index in [0.29, 0.717) is 5.41 Å². The second-order valence-electron chi connectivity index (χ2n) is 7.60. The van der Waals surface area contributed by atoms with Crippen molar-refractivity contribution in [2.45, 2.75) is 70.4 Å². The lowest BCUT2D eigenvalue weighted by atomic mass is 9.46. The molecule has 4 fully saturated rings. The third kappa shape index (κ3) is 2.07. The number of nitrogens with two attached hydrogens (primary N) is 1. The van der Waals surface area contributed by atoms with Gasteiger partial charge in [-0.05, 0) is 69.1 Å². The average molecular weight is 250 g/mol. The maximum Gasteiger partial charge on any atom is 0.217 e. The molecule has 4 aliphatic carbocycles. The normalized spacial score (nSPS) is 47.1. The molecular weight excluding hydrogens is 224 g/mol. The van der Waals surface area contributed by atoms with Crippen molar-refractivity contribution < 1.29 is 4.79 Å². The molecule has 0 saturated heterocycles. The van der Waals surface area contributed by atoms with E-state index in [1.165, 1.54) is 38.5 Å². The largest absolute Gasteiger partial charge is 0.351 e. The molecule has 102 valence electrons. The molecule has 0 spiro atoms. The summed E-state index contributed by atoms with van der Waals surface area (Å²) in [5.74, 6) is 1.81. The highest BCUT2D eigenvalue weighted by Crippen LogP contribution is 2.63. The molecule has 3 N–H and O–H groups in total. The summed E-state index contributed by atoms with van der Waals surface area (Å²) in [5, 5.41) is 3.31. The fourth-order valence-electron chi connectivity index (χ4n) is 5.89. The summed E-state index contributed by atoms with van der Waals surface area (Å²) in [7, 11) is 0. The van der Waals surface area contributed by atoms with Gasteiger partial charge >= 0.3 is 0 Å². The molecule has 0 heterocycles. The van der Waals surface area contributed by atoms with Crippen molar-refractivity contribution in [3.63, 3.8) is 0 Å². The van der Waals surface area contributed by atoms with Gasteiger partial charge in [0.2, 0.25) is 5.91 Å². The Morgan fingerprint density at radius 3 is 2.44 bits per heavy atom. The molecule has 0 aromatic carbocycles. The van der Waals surface area contributed by atoms with Gasteiger partial charge in [0.15, 0.2) is 0 Å². The minimum absolute atomic E-state index is 0.116. The minimum atomic E-state index is 0.116. The minimum Gasteiger partial charge on any atom is -0.351 e. The van der Waals surface area contributed by atoms with E-state index >= 15 is 0 Å². The summed E-state index contributed by atoms with van der Waals surface area (Å²) in [6.45, 7) is 3.79. The lowest BCUT2D eigenvalue weighted by Gasteiger charge is -2.62. The van der Waals surface area contributed by atoms with Crippen molar-refractivity contribution in [2.24, 2.45) is 23.0 Å². The Balaban J connectivity index is 1.85. The molecule has 0 aromatic rings. The second kappa shape index (κ2) is 3.96. The van der Waals surface area contributed by atoms with Crippen LogP contribution in [0.25, 0.3) is 0 Å². The van der Waals surface area contributed by atoms with Gasteiger partial charge in [0.25, 0.3) is 0 Å². The number of nitrogens with one attached hydrogen (secondary N) is 1. The summed E-state index contributed by atoms with van der Waals surface area (Å²) < 4.78 is 0. The van der Waals surface area contributed by atoms with Crippen LogP contribution in [0, 0.1) is 17.3 Å². The number of hydrogen-bond donors (Lipinski definition) is 2. The molecule has 3 atom stereocenters. The maximum absolute atomic E-state index is 11.5. The lowest BCUT2D eigenvalue weighted by Crippen LogP contribution is -2.63. The van der Waals surface area contributed by atoms with E-state index in [4.69, 9.17) is 5.73 Å². The number of hydrogen-bond acceptors (Lipinski definition) is 2. The van der Waals surface area contributed by atoms with Crippen LogP contribution in [0.3, 0.4) is 0 Å². The zero-order valence-corrected chi connectivity index (χ0v) is 11.7. The van der Waals surface area contributed by atoms with E-state index in [0.717, 1.165) is 18.3 Å².